The molecule has 3 heterocycles. The Bertz CT molecular complexity index is 712. The van der Waals surface area contributed by atoms with Gasteiger partial charge < -0.3 is 14.7 Å². The molecule has 2 aliphatic rings. The van der Waals surface area contributed by atoms with E-state index in [9.17, 15) is 9.59 Å². The lowest BCUT2D eigenvalue weighted by atomic mass is 9.95. The predicted octanol–water partition coefficient (Wildman–Crippen LogP) is 0.884. The summed E-state index contributed by atoms with van der Waals surface area (Å²) in [5.74, 6) is 1.42. The van der Waals surface area contributed by atoms with Crippen molar-refractivity contribution in [2.24, 2.45) is 5.92 Å². The Balaban J connectivity index is 1.65. The number of piperidine rings is 1. The van der Waals surface area contributed by atoms with Crippen molar-refractivity contribution in [2.45, 2.75) is 45.6 Å². The third-order valence-electron chi connectivity index (χ3n) is 5.54. The first kappa shape index (κ1) is 18.9. The standard InChI is InChI=1S/C19H31N5O2/c1-13(2)24-12-14(5-6-17(24)25)11-23-9-7-15-16(8-10-23)20-19(22(3)4)21-18(15)26/h13-14H,5-12H2,1-4H3,(H,20,21,26). The van der Waals surface area contributed by atoms with Crippen molar-refractivity contribution in [3.05, 3.63) is 21.6 Å². The molecule has 1 atom stereocenters. The molecule has 0 aromatic carbocycles. The molecular formula is C19H31N5O2. The summed E-state index contributed by atoms with van der Waals surface area (Å²) in [5, 5.41) is 0. The molecule has 7 nitrogen and oxygen atoms in total. The maximum absolute atomic E-state index is 12.4. The summed E-state index contributed by atoms with van der Waals surface area (Å²) in [6, 6.07) is 0.269. The molecule has 0 bridgehead atoms. The quantitative estimate of drug-likeness (QED) is 0.862. The van der Waals surface area contributed by atoms with Crippen LogP contribution in [0.4, 0.5) is 5.95 Å². The fourth-order valence-electron chi connectivity index (χ4n) is 3.99. The van der Waals surface area contributed by atoms with Gasteiger partial charge in [0.2, 0.25) is 11.9 Å². The Hall–Kier alpha value is -1.89. The number of anilines is 1. The van der Waals surface area contributed by atoms with Crippen LogP contribution in [0.15, 0.2) is 4.79 Å². The summed E-state index contributed by atoms with van der Waals surface area (Å²) in [4.78, 5) is 38.3. The number of amides is 1. The molecule has 1 fully saturated rings. The molecule has 144 valence electrons. The Morgan fingerprint density at radius 3 is 2.62 bits per heavy atom. The van der Waals surface area contributed by atoms with Gasteiger partial charge in [-0.15, -0.1) is 0 Å². The smallest absolute Gasteiger partial charge is 0.255 e. The van der Waals surface area contributed by atoms with Crippen molar-refractivity contribution in [1.82, 2.24) is 19.8 Å². The van der Waals surface area contributed by atoms with E-state index < -0.39 is 0 Å². The van der Waals surface area contributed by atoms with Gasteiger partial charge in [0.25, 0.3) is 5.56 Å². The lowest BCUT2D eigenvalue weighted by Crippen LogP contribution is -2.47. The van der Waals surface area contributed by atoms with Crippen molar-refractivity contribution in [3.63, 3.8) is 0 Å². The second kappa shape index (κ2) is 7.78. The monoisotopic (exact) mass is 361 g/mol. The first-order valence-corrected chi connectivity index (χ1v) is 9.66. The zero-order valence-corrected chi connectivity index (χ0v) is 16.4. The number of hydrogen-bond donors (Lipinski definition) is 1. The zero-order valence-electron chi connectivity index (χ0n) is 16.4. The molecule has 7 heteroatoms. The van der Waals surface area contributed by atoms with E-state index in [0.29, 0.717) is 18.3 Å². The molecule has 1 saturated heterocycles. The van der Waals surface area contributed by atoms with Crippen LogP contribution in [-0.2, 0) is 17.6 Å². The van der Waals surface area contributed by atoms with Crippen LogP contribution in [-0.4, -0.2) is 72.0 Å². The molecule has 1 aromatic heterocycles. The Morgan fingerprint density at radius 2 is 1.92 bits per heavy atom. The largest absolute Gasteiger partial charge is 0.348 e. The maximum atomic E-state index is 12.4. The second-order valence-electron chi connectivity index (χ2n) is 8.05. The molecule has 0 spiro atoms. The molecule has 1 N–H and O–H groups in total. The first-order valence-electron chi connectivity index (χ1n) is 9.66. The number of carbonyl (C=O) groups is 1. The molecular weight excluding hydrogens is 330 g/mol. The van der Waals surface area contributed by atoms with Gasteiger partial charge in [0, 0.05) is 64.7 Å². The normalized spacial score (nSPS) is 21.7. The van der Waals surface area contributed by atoms with Crippen molar-refractivity contribution < 1.29 is 4.79 Å². The molecule has 0 aliphatic carbocycles. The lowest BCUT2D eigenvalue weighted by molar-refractivity contribution is -0.136. The van der Waals surface area contributed by atoms with E-state index in [2.05, 4.69) is 28.7 Å². The fraction of sp³-hybridized carbons (Fsp3) is 0.737. The van der Waals surface area contributed by atoms with Gasteiger partial charge in [-0.25, -0.2) is 4.98 Å². The molecule has 1 unspecified atom stereocenters. The van der Waals surface area contributed by atoms with E-state index in [1.807, 2.05) is 23.9 Å². The Labute approximate surface area is 155 Å². The van der Waals surface area contributed by atoms with Crippen LogP contribution >= 0.6 is 0 Å². The van der Waals surface area contributed by atoms with E-state index >= 15 is 0 Å². The topological polar surface area (TPSA) is 72.5 Å². The molecule has 0 radical (unpaired) electrons. The van der Waals surface area contributed by atoms with Crippen LogP contribution in [0.2, 0.25) is 0 Å². The average molecular weight is 361 g/mol. The van der Waals surface area contributed by atoms with E-state index in [1.54, 1.807) is 0 Å². The molecule has 26 heavy (non-hydrogen) atoms. The fourth-order valence-corrected chi connectivity index (χ4v) is 3.99. The van der Waals surface area contributed by atoms with Crippen LogP contribution < -0.4 is 10.5 Å². The average Bonchev–Trinajstić information content (AvgIpc) is 2.79. The third kappa shape index (κ3) is 4.09. The summed E-state index contributed by atoms with van der Waals surface area (Å²) >= 11 is 0. The minimum absolute atomic E-state index is 0.00482. The highest BCUT2D eigenvalue weighted by Gasteiger charge is 2.29. The number of nitrogens with zero attached hydrogens (tertiary/aromatic N) is 4. The number of aromatic amines is 1. The van der Waals surface area contributed by atoms with Crippen molar-refractivity contribution in [1.29, 1.82) is 0 Å². The van der Waals surface area contributed by atoms with Gasteiger partial charge in [0.15, 0.2) is 0 Å². The number of carbonyl (C=O) groups excluding carboxylic acids is 1. The van der Waals surface area contributed by atoms with Crippen molar-refractivity contribution >= 4 is 11.9 Å². The first-order chi connectivity index (χ1) is 12.3. The number of rotatable bonds is 4. The van der Waals surface area contributed by atoms with Crippen LogP contribution in [0, 0.1) is 5.92 Å². The summed E-state index contributed by atoms with van der Waals surface area (Å²) < 4.78 is 0. The van der Waals surface area contributed by atoms with Gasteiger partial charge in [-0.3, -0.25) is 14.6 Å². The number of likely N-dealkylation sites (tertiary alicyclic amines) is 1. The van der Waals surface area contributed by atoms with E-state index in [4.69, 9.17) is 0 Å². The van der Waals surface area contributed by atoms with Crippen LogP contribution in [0.25, 0.3) is 0 Å². The summed E-state index contributed by atoms with van der Waals surface area (Å²) in [6.45, 7) is 7.81. The minimum atomic E-state index is -0.00482. The molecule has 3 rings (SSSR count). The minimum Gasteiger partial charge on any atom is -0.348 e. The van der Waals surface area contributed by atoms with E-state index in [0.717, 1.165) is 56.7 Å². The van der Waals surface area contributed by atoms with Crippen molar-refractivity contribution in [2.75, 3.05) is 45.2 Å². The van der Waals surface area contributed by atoms with Gasteiger partial charge in [-0.1, -0.05) is 0 Å². The lowest BCUT2D eigenvalue weighted by Gasteiger charge is -2.37. The highest BCUT2D eigenvalue weighted by atomic mass is 16.2. The zero-order chi connectivity index (χ0) is 18.8. The number of hydrogen-bond acceptors (Lipinski definition) is 5. The second-order valence-corrected chi connectivity index (χ2v) is 8.05. The van der Waals surface area contributed by atoms with Gasteiger partial charge in [-0.05, 0) is 32.6 Å². The third-order valence-corrected chi connectivity index (χ3v) is 5.54. The summed E-state index contributed by atoms with van der Waals surface area (Å²) in [6.07, 6.45) is 3.17. The van der Waals surface area contributed by atoms with E-state index in [-0.39, 0.29) is 17.5 Å². The number of H-pyrrole nitrogens is 1. The van der Waals surface area contributed by atoms with Crippen LogP contribution in [0.1, 0.15) is 37.9 Å². The Kier molecular flexibility index (Phi) is 5.65. The number of fused-ring (bicyclic) bond motifs is 1. The molecule has 0 saturated carbocycles. The van der Waals surface area contributed by atoms with Gasteiger partial charge in [0.05, 0.1) is 5.69 Å². The van der Waals surface area contributed by atoms with Crippen LogP contribution in [0.3, 0.4) is 0 Å². The molecule has 2 aliphatic heterocycles. The predicted molar refractivity (Wildman–Crippen MR) is 103 cm³/mol. The van der Waals surface area contributed by atoms with Gasteiger partial charge in [0.1, 0.15) is 0 Å². The van der Waals surface area contributed by atoms with Gasteiger partial charge >= 0.3 is 0 Å². The Morgan fingerprint density at radius 1 is 1.19 bits per heavy atom. The number of nitrogens with one attached hydrogen (secondary N) is 1. The molecule has 1 aromatic rings. The SMILES string of the molecule is CC(C)N1CC(CN2CCc3nc(N(C)C)[nH]c(=O)c3CC2)CCC1=O. The van der Waals surface area contributed by atoms with Crippen molar-refractivity contribution in [3.8, 4) is 0 Å². The molecule has 1 amide bonds. The highest BCUT2D eigenvalue weighted by Crippen LogP contribution is 2.22. The highest BCUT2D eigenvalue weighted by molar-refractivity contribution is 5.77. The van der Waals surface area contributed by atoms with E-state index in [1.165, 1.54) is 0 Å². The van der Waals surface area contributed by atoms with Gasteiger partial charge in [-0.2, -0.15) is 0 Å². The maximum Gasteiger partial charge on any atom is 0.255 e. The summed E-state index contributed by atoms with van der Waals surface area (Å²) in [5.41, 5.74) is 1.76. The van der Waals surface area contributed by atoms with Crippen LogP contribution in [0.5, 0.6) is 0 Å². The summed E-state index contributed by atoms with van der Waals surface area (Å²) in [7, 11) is 3.77. The number of aromatic nitrogens is 2.